The largest absolute Gasteiger partial charge is 0.383 e. The van der Waals surface area contributed by atoms with E-state index in [1.54, 1.807) is 12.0 Å². The van der Waals surface area contributed by atoms with Crippen LogP contribution in [0.25, 0.3) is 0 Å². The summed E-state index contributed by atoms with van der Waals surface area (Å²) in [5.74, 6) is -2.62. The summed E-state index contributed by atoms with van der Waals surface area (Å²) in [7, 11) is 1.58. The lowest BCUT2D eigenvalue weighted by Crippen LogP contribution is -2.61. The molecule has 1 unspecified atom stereocenters. The van der Waals surface area contributed by atoms with Gasteiger partial charge >= 0.3 is 6.03 Å². The molecule has 0 bridgehead atoms. The van der Waals surface area contributed by atoms with Crippen molar-refractivity contribution in [3.05, 3.63) is 35.4 Å². The Balaban J connectivity index is 1.39. The number of ketones is 1. The Morgan fingerprint density at radius 1 is 1.02 bits per heavy atom. The number of ether oxygens (including phenoxy) is 1. The van der Waals surface area contributed by atoms with Gasteiger partial charge in [0.1, 0.15) is 12.1 Å². The standard InChI is InChI=1S/C35H51N5O6/c1-34(2,3)25(18-46-6)38-33(45)39-27(22-15-20-12-7-8-13-21(20)16-22)32(44)40-17-23-26(35(23,4)5)28(40)31(43)37-24(29(41)30(36)42)14-19-10-9-11-19/h7-8,12-13,19,22-28H,9-11,14-18H2,1-6H3,(H2,36,42)(H,37,43)(H2,38,39,45)/t23-,24?,25+,26-,27-,28-/m0/s1. The Hall–Kier alpha value is -3.47. The number of primary amides is 1. The van der Waals surface area contributed by atoms with Gasteiger partial charge in [0.25, 0.3) is 5.91 Å². The molecule has 1 heterocycles. The molecule has 0 aromatic heterocycles. The van der Waals surface area contributed by atoms with Crippen molar-refractivity contribution in [1.29, 1.82) is 0 Å². The van der Waals surface area contributed by atoms with Crippen LogP contribution in [0.1, 0.15) is 71.4 Å². The van der Waals surface area contributed by atoms with Crippen molar-refractivity contribution in [2.45, 2.75) is 97.3 Å². The molecular weight excluding hydrogens is 586 g/mol. The van der Waals surface area contributed by atoms with Crippen molar-refractivity contribution in [1.82, 2.24) is 20.9 Å². The predicted molar refractivity (Wildman–Crippen MR) is 172 cm³/mol. The van der Waals surface area contributed by atoms with Crippen LogP contribution in [0.15, 0.2) is 24.3 Å². The van der Waals surface area contributed by atoms with Gasteiger partial charge in [-0.3, -0.25) is 19.2 Å². The Morgan fingerprint density at radius 2 is 1.65 bits per heavy atom. The fraction of sp³-hybridized carbons (Fsp3) is 0.686. The number of nitrogens with zero attached hydrogens (tertiary/aromatic N) is 1. The molecule has 0 radical (unpaired) electrons. The molecule has 1 saturated heterocycles. The number of piperidine rings is 1. The lowest BCUT2D eigenvalue weighted by Gasteiger charge is -2.36. The van der Waals surface area contributed by atoms with Gasteiger partial charge in [0.2, 0.25) is 17.6 Å². The van der Waals surface area contributed by atoms with Gasteiger partial charge in [-0.25, -0.2) is 4.79 Å². The topological polar surface area (TPSA) is 160 Å². The van der Waals surface area contributed by atoms with Crippen LogP contribution in [0.2, 0.25) is 0 Å². The number of amides is 5. The van der Waals surface area contributed by atoms with E-state index in [0.717, 1.165) is 30.4 Å². The fourth-order valence-corrected chi connectivity index (χ4v) is 7.94. The maximum absolute atomic E-state index is 14.6. The van der Waals surface area contributed by atoms with Crippen molar-refractivity contribution in [3.8, 4) is 0 Å². The van der Waals surface area contributed by atoms with E-state index in [-0.39, 0.29) is 46.5 Å². The highest BCUT2D eigenvalue weighted by Gasteiger charge is 2.70. The van der Waals surface area contributed by atoms with E-state index in [9.17, 15) is 24.0 Å². The zero-order chi connectivity index (χ0) is 33.6. The van der Waals surface area contributed by atoms with Crippen LogP contribution in [0.4, 0.5) is 4.79 Å². The first-order valence-corrected chi connectivity index (χ1v) is 16.7. The lowest BCUT2D eigenvalue weighted by atomic mass is 9.80. The van der Waals surface area contributed by atoms with Crippen molar-refractivity contribution in [3.63, 3.8) is 0 Å². The summed E-state index contributed by atoms with van der Waals surface area (Å²) < 4.78 is 5.37. The molecule has 3 fully saturated rings. The second-order valence-corrected chi connectivity index (χ2v) is 15.6. The molecule has 2 saturated carbocycles. The number of fused-ring (bicyclic) bond motifs is 2. The smallest absolute Gasteiger partial charge is 0.315 e. The first kappa shape index (κ1) is 33.9. The summed E-state index contributed by atoms with van der Waals surface area (Å²) in [6.45, 7) is 10.9. The van der Waals surface area contributed by atoms with Crippen LogP contribution < -0.4 is 21.7 Å². The van der Waals surface area contributed by atoms with E-state index < -0.39 is 41.8 Å². The maximum atomic E-state index is 14.6. The second-order valence-electron chi connectivity index (χ2n) is 15.6. The Bertz CT molecular complexity index is 1340. The van der Waals surface area contributed by atoms with E-state index in [1.807, 2.05) is 45.0 Å². The molecule has 1 aliphatic heterocycles. The zero-order valence-electron chi connectivity index (χ0n) is 28.1. The number of carbonyl (C=O) groups excluding carboxylic acids is 5. The third-order valence-corrected chi connectivity index (χ3v) is 11.2. The van der Waals surface area contributed by atoms with Gasteiger partial charge in [-0.2, -0.15) is 0 Å². The number of urea groups is 1. The van der Waals surface area contributed by atoms with Crippen LogP contribution in [-0.2, 0) is 36.8 Å². The minimum absolute atomic E-state index is 0.103. The number of benzene rings is 1. The van der Waals surface area contributed by atoms with Crippen LogP contribution in [0.3, 0.4) is 0 Å². The summed E-state index contributed by atoms with van der Waals surface area (Å²) in [5.41, 5.74) is 7.19. The monoisotopic (exact) mass is 637 g/mol. The van der Waals surface area contributed by atoms with E-state index in [2.05, 4.69) is 29.8 Å². The molecule has 1 aromatic carbocycles. The number of rotatable bonds is 12. The number of methoxy groups -OCH3 is 1. The van der Waals surface area contributed by atoms with Gasteiger partial charge in [0.05, 0.1) is 18.7 Å². The summed E-state index contributed by atoms with van der Waals surface area (Å²) in [4.78, 5) is 68.5. The molecule has 11 nitrogen and oxygen atoms in total. The number of likely N-dealkylation sites (tertiary alicyclic amines) is 1. The van der Waals surface area contributed by atoms with E-state index in [1.165, 1.54) is 0 Å². The van der Waals surface area contributed by atoms with Crippen LogP contribution in [0, 0.1) is 34.5 Å². The number of nitrogens with two attached hydrogens (primary N) is 1. The third-order valence-electron chi connectivity index (χ3n) is 11.2. The van der Waals surface area contributed by atoms with Crippen molar-refractivity contribution in [2.24, 2.45) is 40.2 Å². The van der Waals surface area contributed by atoms with Gasteiger partial charge in [-0.05, 0) is 64.9 Å². The van der Waals surface area contributed by atoms with Crippen LogP contribution in [0.5, 0.6) is 0 Å². The zero-order valence-corrected chi connectivity index (χ0v) is 28.1. The van der Waals surface area contributed by atoms with Crippen molar-refractivity contribution < 1.29 is 28.7 Å². The van der Waals surface area contributed by atoms with Gasteiger partial charge in [-0.15, -0.1) is 0 Å². The van der Waals surface area contributed by atoms with Gasteiger partial charge < -0.3 is 31.3 Å². The highest BCUT2D eigenvalue weighted by molar-refractivity contribution is 6.37. The molecule has 0 spiro atoms. The van der Waals surface area contributed by atoms with Crippen LogP contribution in [-0.4, -0.2) is 78.9 Å². The molecule has 4 aliphatic rings. The van der Waals surface area contributed by atoms with Gasteiger partial charge in [-0.1, -0.05) is 78.1 Å². The number of carbonyl (C=O) groups is 5. The molecule has 11 heteroatoms. The average Bonchev–Trinajstić information content (AvgIpc) is 3.33. The molecule has 6 atom stereocenters. The molecular formula is C35H51N5O6. The number of hydrogen-bond acceptors (Lipinski definition) is 6. The van der Waals surface area contributed by atoms with E-state index >= 15 is 0 Å². The Labute approximate surface area is 272 Å². The number of hydrogen-bond donors (Lipinski definition) is 4. The van der Waals surface area contributed by atoms with Crippen molar-refractivity contribution >= 4 is 29.5 Å². The third kappa shape index (κ3) is 6.80. The predicted octanol–water partition coefficient (Wildman–Crippen LogP) is 2.34. The minimum atomic E-state index is -1.08. The minimum Gasteiger partial charge on any atom is -0.383 e. The van der Waals surface area contributed by atoms with E-state index in [4.69, 9.17) is 10.5 Å². The average molecular weight is 638 g/mol. The Kier molecular flexibility index (Phi) is 9.55. The maximum Gasteiger partial charge on any atom is 0.315 e. The molecule has 5 N–H and O–H groups in total. The second kappa shape index (κ2) is 13.0. The highest BCUT2D eigenvalue weighted by atomic mass is 16.5. The number of Topliss-reactive ketones (excluding diaryl/α,β-unsaturated/α-hetero) is 1. The van der Waals surface area contributed by atoms with E-state index in [0.29, 0.717) is 32.4 Å². The Morgan fingerprint density at radius 3 is 2.17 bits per heavy atom. The first-order valence-electron chi connectivity index (χ1n) is 16.7. The molecule has 5 amide bonds. The lowest BCUT2D eigenvalue weighted by molar-refractivity contribution is -0.144. The summed E-state index contributed by atoms with van der Waals surface area (Å²) in [5, 5.41) is 8.87. The molecule has 1 aromatic rings. The summed E-state index contributed by atoms with van der Waals surface area (Å²) >= 11 is 0. The molecule has 5 rings (SSSR count). The van der Waals surface area contributed by atoms with Gasteiger partial charge in [0, 0.05) is 13.7 Å². The summed E-state index contributed by atoms with van der Waals surface area (Å²) in [6.07, 6.45) is 4.51. The first-order chi connectivity index (χ1) is 21.6. The van der Waals surface area contributed by atoms with Crippen LogP contribution >= 0.6 is 0 Å². The number of nitrogens with one attached hydrogen (secondary N) is 3. The highest BCUT2D eigenvalue weighted by Crippen LogP contribution is 2.65. The molecule has 3 aliphatic carbocycles. The van der Waals surface area contributed by atoms with Crippen molar-refractivity contribution in [2.75, 3.05) is 20.3 Å². The molecule has 252 valence electrons. The molecule has 46 heavy (non-hydrogen) atoms. The normalized spacial score (nSPS) is 25.3. The van der Waals surface area contributed by atoms with Gasteiger partial charge in [0.15, 0.2) is 0 Å². The summed E-state index contributed by atoms with van der Waals surface area (Å²) in [6, 6.07) is 4.54. The SMILES string of the molecule is COC[C@@H](NC(=O)N[C@H](C(=O)N1C[C@H]2[C@@H]([C@H]1C(=O)NC(CC1CCC1)C(=O)C(N)=O)C2(C)C)C1Cc2ccccc2C1)C(C)(C)C. The quantitative estimate of drug-likeness (QED) is 0.258. The fourth-order valence-electron chi connectivity index (χ4n) is 7.94.